The van der Waals surface area contributed by atoms with Crippen LogP contribution >= 0.6 is 11.6 Å². The van der Waals surface area contributed by atoms with E-state index in [-0.39, 0.29) is 24.2 Å². The summed E-state index contributed by atoms with van der Waals surface area (Å²) >= 11 is 5.83. The second-order valence-corrected chi connectivity index (χ2v) is 9.41. The lowest BCUT2D eigenvalue weighted by Crippen LogP contribution is -2.28. The van der Waals surface area contributed by atoms with Gasteiger partial charge >= 0.3 is 0 Å². The normalized spacial score (nSPS) is 12.3. The first-order valence-electron chi connectivity index (χ1n) is 9.97. The molecule has 0 aliphatic carbocycles. The summed E-state index contributed by atoms with van der Waals surface area (Å²) in [7, 11) is -3.79. The van der Waals surface area contributed by atoms with E-state index in [0.717, 1.165) is 5.56 Å². The van der Waals surface area contributed by atoms with Crippen LogP contribution in [0.15, 0.2) is 65.6 Å². The van der Waals surface area contributed by atoms with E-state index in [1.165, 1.54) is 18.2 Å². The first-order valence-corrected chi connectivity index (χ1v) is 11.8. The number of carbonyl (C=O) groups is 1. The molecule has 0 fully saturated rings. The number of amides is 1. The maximum Gasteiger partial charge on any atom is 0.261 e. The first-order chi connectivity index (χ1) is 15.8. The molecule has 0 aromatic heterocycles. The predicted molar refractivity (Wildman–Crippen MR) is 123 cm³/mol. The number of nitrogens with one attached hydrogen (secondary N) is 2. The topological polar surface area (TPSA) is 103 Å². The molecule has 172 valence electrons. The summed E-state index contributed by atoms with van der Waals surface area (Å²) < 4.78 is 43.9. The monoisotopic (exact) mass is 488 g/mol. The van der Waals surface area contributed by atoms with Gasteiger partial charge in [0.1, 0.15) is 5.75 Å². The van der Waals surface area contributed by atoms with Crippen LogP contribution in [0.5, 0.6) is 17.2 Å². The van der Waals surface area contributed by atoms with Crippen LogP contribution in [-0.2, 0) is 21.4 Å². The van der Waals surface area contributed by atoms with Crippen molar-refractivity contribution >= 4 is 33.2 Å². The fourth-order valence-electron chi connectivity index (χ4n) is 3.13. The summed E-state index contributed by atoms with van der Waals surface area (Å²) in [5.41, 5.74) is 1.85. The summed E-state index contributed by atoms with van der Waals surface area (Å²) in [6.07, 6.45) is 0. The largest absolute Gasteiger partial charge is 0.484 e. The van der Waals surface area contributed by atoms with Gasteiger partial charge in [0.05, 0.1) is 4.90 Å². The number of hydrogen-bond acceptors (Lipinski definition) is 6. The summed E-state index contributed by atoms with van der Waals surface area (Å²) in [6, 6.07) is 16.2. The van der Waals surface area contributed by atoms with E-state index in [1.807, 2.05) is 12.1 Å². The Hall–Kier alpha value is -3.43. The maximum atomic E-state index is 12.6. The van der Waals surface area contributed by atoms with Crippen molar-refractivity contribution in [2.75, 3.05) is 18.1 Å². The van der Waals surface area contributed by atoms with Crippen molar-refractivity contribution in [2.24, 2.45) is 0 Å². The van der Waals surface area contributed by atoms with Crippen molar-refractivity contribution in [1.82, 2.24) is 5.32 Å². The van der Waals surface area contributed by atoms with Crippen LogP contribution in [0.3, 0.4) is 0 Å². The lowest BCUT2D eigenvalue weighted by molar-refractivity contribution is -0.123. The molecule has 10 heteroatoms. The van der Waals surface area contributed by atoms with Crippen molar-refractivity contribution in [2.45, 2.75) is 18.4 Å². The van der Waals surface area contributed by atoms with Crippen LogP contribution in [0.2, 0.25) is 5.02 Å². The molecule has 1 aliphatic rings. The molecule has 4 rings (SSSR count). The molecule has 0 saturated heterocycles. The van der Waals surface area contributed by atoms with Gasteiger partial charge in [0, 0.05) is 17.3 Å². The van der Waals surface area contributed by atoms with Gasteiger partial charge in [-0.3, -0.25) is 9.52 Å². The van der Waals surface area contributed by atoms with Gasteiger partial charge in [0.25, 0.3) is 15.9 Å². The second-order valence-electron chi connectivity index (χ2n) is 7.29. The molecule has 0 spiro atoms. The molecule has 0 bridgehead atoms. The maximum absolute atomic E-state index is 12.6. The Kier molecular flexibility index (Phi) is 6.62. The molecule has 33 heavy (non-hydrogen) atoms. The molecule has 0 atom stereocenters. The fraction of sp³-hybridized carbons (Fsp3) is 0.174. The van der Waals surface area contributed by atoms with Crippen LogP contribution in [0, 0.1) is 6.92 Å². The molecule has 1 amide bonds. The molecular formula is C23H21ClN2O6S. The number of aryl methyl sites for hydroxylation is 1. The minimum Gasteiger partial charge on any atom is -0.484 e. The van der Waals surface area contributed by atoms with Crippen molar-refractivity contribution in [3.63, 3.8) is 0 Å². The number of fused-ring (bicyclic) bond motifs is 1. The van der Waals surface area contributed by atoms with E-state index in [9.17, 15) is 13.2 Å². The van der Waals surface area contributed by atoms with E-state index in [2.05, 4.69) is 10.0 Å². The molecule has 2 N–H and O–H groups in total. The smallest absolute Gasteiger partial charge is 0.261 e. The van der Waals surface area contributed by atoms with Crippen molar-refractivity contribution < 1.29 is 27.4 Å². The molecule has 8 nitrogen and oxygen atoms in total. The van der Waals surface area contributed by atoms with Crippen molar-refractivity contribution in [3.05, 3.63) is 76.8 Å². The van der Waals surface area contributed by atoms with Gasteiger partial charge in [-0.2, -0.15) is 0 Å². The van der Waals surface area contributed by atoms with Crippen LogP contribution in [0.25, 0.3) is 0 Å². The van der Waals surface area contributed by atoms with E-state index >= 15 is 0 Å². The minimum absolute atomic E-state index is 0.0783. The van der Waals surface area contributed by atoms with Crippen LogP contribution < -0.4 is 24.2 Å². The highest BCUT2D eigenvalue weighted by Crippen LogP contribution is 2.32. The lowest BCUT2D eigenvalue weighted by atomic mass is 10.2. The summed E-state index contributed by atoms with van der Waals surface area (Å²) in [6.45, 7) is 2.00. The van der Waals surface area contributed by atoms with Gasteiger partial charge in [-0.25, -0.2) is 8.42 Å². The number of rotatable bonds is 8. The third kappa shape index (κ3) is 5.68. The number of benzene rings is 3. The Morgan fingerprint density at radius 2 is 1.79 bits per heavy atom. The fourth-order valence-corrected chi connectivity index (χ4v) is 4.40. The van der Waals surface area contributed by atoms with Crippen molar-refractivity contribution in [3.8, 4) is 17.2 Å². The van der Waals surface area contributed by atoms with Crippen molar-refractivity contribution in [1.29, 1.82) is 0 Å². The minimum atomic E-state index is -3.79. The Balaban J connectivity index is 1.32. The summed E-state index contributed by atoms with van der Waals surface area (Å²) in [4.78, 5) is 12.3. The van der Waals surface area contributed by atoms with Gasteiger partial charge in [0.2, 0.25) is 6.79 Å². The van der Waals surface area contributed by atoms with Gasteiger partial charge in [-0.05, 0) is 72.6 Å². The van der Waals surface area contributed by atoms with E-state index < -0.39 is 10.0 Å². The average Bonchev–Trinajstić information content (AvgIpc) is 3.26. The zero-order valence-electron chi connectivity index (χ0n) is 17.6. The highest BCUT2D eigenvalue weighted by molar-refractivity contribution is 7.92. The Bertz CT molecular complexity index is 1280. The lowest BCUT2D eigenvalue weighted by Gasteiger charge is -2.12. The van der Waals surface area contributed by atoms with Crippen LogP contribution in [-0.4, -0.2) is 27.7 Å². The Morgan fingerprint density at radius 1 is 1.03 bits per heavy atom. The molecule has 0 unspecified atom stereocenters. The van der Waals surface area contributed by atoms with E-state index in [4.69, 9.17) is 25.8 Å². The molecule has 1 heterocycles. The second kappa shape index (κ2) is 9.60. The molecule has 0 saturated carbocycles. The molecule has 3 aromatic rings. The van der Waals surface area contributed by atoms with Gasteiger partial charge in [-0.1, -0.05) is 17.7 Å². The molecule has 1 aliphatic heterocycles. The number of halogens is 1. The third-order valence-corrected chi connectivity index (χ3v) is 6.47. The summed E-state index contributed by atoms with van der Waals surface area (Å²) in [5.74, 6) is 1.43. The highest BCUT2D eigenvalue weighted by atomic mass is 35.5. The number of carbonyl (C=O) groups excluding carboxylic acids is 1. The molecule has 0 radical (unpaired) electrons. The molecular weight excluding hydrogens is 468 g/mol. The number of sulfonamides is 1. The molecule has 3 aromatic carbocycles. The van der Waals surface area contributed by atoms with E-state index in [1.54, 1.807) is 37.3 Å². The van der Waals surface area contributed by atoms with Crippen LogP contribution in [0.1, 0.15) is 11.1 Å². The van der Waals surface area contributed by atoms with Gasteiger partial charge < -0.3 is 19.5 Å². The highest BCUT2D eigenvalue weighted by Gasteiger charge is 2.17. The van der Waals surface area contributed by atoms with E-state index in [0.29, 0.717) is 40.1 Å². The average molecular weight is 489 g/mol. The number of hydrogen-bond donors (Lipinski definition) is 2. The standard InChI is InChI=1S/C23H21ClN2O6S/c1-15-10-19(33(28,29)26-18-5-3-17(24)4-6-18)7-9-20(15)30-13-23(27)25-12-16-2-8-21-22(11-16)32-14-31-21/h2-11,26H,12-14H2,1H3,(H,25,27). The van der Waals surface area contributed by atoms with Gasteiger partial charge in [0.15, 0.2) is 18.1 Å². The Morgan fingerprint density at radius 3 is 2.55 bits per heavy atom. The van der Waals surface area contributed by atoms with Crippen LogP contribution in [0.4, 0.5) is 5.69 Å². The number of anilines is 1. The third-order valence-electron chi connectivity index (χ3n) is 4.84. The predicted octanol–water partition coefficient (Wildman–Crippen LogP) is 3.87. The quantitative estimate of drug-likeness (QED) is 0.499. The SMILES string of the molecule is Cc1cc(S(=O)(=O)Nc2ccc(Cl)cc2)ccc1OCC(=O)NCc1ccc2c(c1)OCO2. The number of ether oxygens (including phenoxy) is 3. The first kappa shape index (κ1) is 22.8. The summed E-state index contributed by atoms with van der Waals surface area (Å²) in [5, 5.41) is 3.28. The zero-order valence-corrected chi connectivity index (χ0v) is 19.2. The Labute approximate surface area is 196 Å². The van der Waals surface area contributed by atoms with Gasteiger partial charge in [-0.15, -0.1) is 0 Å². The zero-order chi connectivity index (χ0) is 23.4.